The number of aromatic hydroxyl groups is 1. The lowest BCUT2D eigenvalue weighted by molar-refractivity contribution is -0.385. The van der Waals surface area contributed by atoms with Crippen LogP contribution in [0.25, 0.3) is 6.08 Å². The van der Waals surface area contributed by atoms with Crippen LogP contribution in [0.4, 0.5) is 11.4 Å². The smallest absolute Gasteiger partial charge is 0.296 e. The summed E-state index contributed by atoms with van der Waals surface area (Å²) in [5, 5.41) is 22.0. The zero-order valence-electron chi connectivity index (χ0n) is 18.5. The molecule has 0 bridgehead atoms. The van der Waals surface area contributed by atoms with Gasteiger partial charge >= 0.3 is 0 Å². The fraction of sp³-hybridized carbons (Fsp3) is 0.154. The van der Waals surface area contributed by atoms with E-state index in [9.17, 15) is 20.0 Å². The Kier molecular flexibility index (Phi) is 5.79. The number of phenolic OH excluding ortho intramolecular Hbond substituents is 1. The van der Waals surface area contributed by atoms with Crippen LogP contribution in [0.2, 0.25) is 0 Å². The third kappa shape index (κ3) is 4.13. The Labute approximate surface area is 191 Å². The first-order valence-corrected chi connectivity index (χ1v) is 10.5. The van der Waals surface area contributed by atoms with Crippen molar-refractivity contribution in [3.05, 3.63) is 105 Å². The van der Waals surface area contributed by atoms with Crippen molar-refractivity contribution in [2.24, 2.45) is 4.99 Å². The molecule has 1 amide bonds. The minimum absolute atomic E-state index is 0.0439. The zero-order chi connectivity index (χ0) is 23.7. The van der Waals surface area contributed by atoms with Crippen LogP contribution >= 0.6 is 0 Å². The highest BCUT2D eigenvalue weighted by Gasteiger charge is 2.34. The number of nitro groups is 1. The molecule has 0 radical (unpaired) electrons. The molecule has 0 aromatic heterocycles. The molecule has 7 heteroatoms. The summed E-state index contributed by atoms with van der Waals surface area (Å²) in [6.45, 7) is 5.78. The van der Waals surface area contributed by atoms with Gasteiger partial charge in [-0.2, -0.15) is 4.99 Å². The molecule has 0 saturated carbocycles. The fourth-order valence-electron chi connectivity index (χ4n) is 3.89. The summed E-state index contributed by atoms with van der Waals surface area (Å²) >= 11 is 0. The lowest BCUT2D eigenvalue weighted by Crippen LogP contribution is -2.28. The van der Waals surface area contributed by atoms with Gasteiger partial charge in [0.05, 0.1) is 16.2 Å². The van der Waals surface area contributed by atoms with E-state index in [2.05, 4.69) is 4.99 Å². The van der Waals surface area contributed by atoms with Gasteiger partial charge in [0.2, 0.25) is 0 Å². The summed E-state index contributed by atoms with van der Waals surface area (Å²) in [5.74, 6) is 0.154. The molecule has 4 rings (SSSR count). The van der Waals surface area contributed by atoms with Crippen LogP contribution < -0.4 is 4.90 Å². The van der Waals surface area contributed by atoms with Gasteiger partial charge in [-0.15, -0.1) is 0 Å². The highest BCUT2D eigenvalue weighted by Crippen LogP contribution is 2.38. The molecule has 1 heterocycles. The minimum atomic E-state index is -0.495. The van der Waals surface area contributed by atoms with Gasteiger partial charge in [-0.1, -0.05) is 56.3 Å². The predicted octanol–water partition coefficient (Wildman–Crippen LogP) is 5.57. The Morgan fingerprint density at radius 1 is 1.06 bits per heavy atom. The minimum Gasteiger partial charge on any atom is -0.508 e. The molecule has 1 N–H and O–H groups in total. The van der Waals surface area contributed by atoms with Gasteiger partial charge in [-0.25, -0.2) is 0 Å². The summed E-state index contributed by atoms with van der Waals surface area (Å²) in [5.41, 5.74) is 3.28. The van der Waals surface area contributed by atoms with E-state index < -0.39 is 10.8 Å². The highest BCUT2D eigenvalue weighted by atomic mass is 16.6. The summed E-state index contributed by atoms with van der Waals surface area (Å²) in [4.78, 5) is 30.2. The number of benzene rings is 3. The summed E-state index contributed by atoms with van der Waals surface area (Å²) in [6.07, 6.45) is 1.50. The number of nitro benzene ring substituents is 1. The lowest BCUT2D eigenvalue weighted by Gasteiger charge is -2.25. The van der Waals surface area contributed by atoms with Crippen LogP contribution in [0.15, 0.2) is 77.4 Å². The van der Waals surface area contributed by atoms with E-state index in [4.69, 9.17) is 0 Å². The summed E-state index contributed by atoms with van der Waals surface area (Å²) < 4.78 is 0. The van der Waals surface area contributed by atoms with Crippen molar-refractivity contribution < 1.29 is 14.8 Å². The second-order valence-corrected chi connectivity index (χ2v) is 8.14. The van der Waals surface area contributed by atoms with Crippen molar-refractivity contribution in [2.45, 2.75) is 26.7 Å². The Hall–Kier alpha value is -4.26. The van der Waals surface area contributed by atoms with Crippen molar-refractivity contribution in [3.8, 4) is 5.75 Å². The van der Waals surface area contributed by atoms with Gasteiger partial charge < -0.3 is 5.11 Å². The number of para-hydroxylation sites is 1. The maximum absolute atomic E-state index is 13.1. The molecule has 0 saturated heterocycles. The molecule has 7 nitrogen and oxygen atoms in total. The number of phenols is 1. The van der Waals surface area contributed by atoms with E-state index in [1.54, 1.807) is 29.2 Å². The van der Waals surface area contributed by atoms with Crippen molar-refractivity contribution in [1.29, 1.82) is 0 Å². The number of aliphatic imine (C=N–C) groups is 1. The molecule has 0 fully saturated rings. The fourth-order valence-corrected chi connectivity index (χ4v) is 3.89. The van der Waals surface area contributed by atoms with Crippen LogP contribution in [0.3, 0.4) is 0 Å². The maximum Gasteiger partial charge on any atom is 0.296 e. The zero-order valence-corrected chi connectivity index (χ0v) is 18.5. The first-order chi connectivity index (χ1) is 15.8. The molecule has 1 aliphatic rings. The first kappa shape index (κ1) is 22.0. The summed E-state index contributed by atoms with van der Waals surface area (Å²) in [6, 6.07) is 19.1. The second kappa shape index (κ2) is 8.70. The number of amides is 1. The van der Waals surface area contributed by atoms with E-state index in [1.165, 1.54) is 12.1 Å². The number of rotatable bonds is 5. The van der Waals surface area contributed by atoms with Gasteiger partial charge in [0.1, 0.15) is 17.3 Å². The predicted molar refractivity (Wildman–Crippen MR) is 128 cm³/mol. The third-order valence-electron chi connectivity index (χ3n) is 5.55. The van der Waals surface area contributed by atoms with Crippen molar-refractivity contribution in [3.63, 3.8) is 0 Å². The Balaban J connectivity index is 1.96. The van der Waals surface area contributed by atoms with Gasteiger partial charge in [-0.05, 0) is 48.2 Å². The molecule has 33 heavy (non-hydrogen) atoms. The van der Waals surface area contributed by atoms with E-state index in [0.717, 1.165) is 16.7 Å². The van der Waals surface area contributed by atoms with Crippen LogP contribution in [0.5, 0.6) is 5.75 Å². The number of carbonyl (C=O) groups excluding carboxylic acids is 1. The maximum atomic E-state index is 13.1. The molecule has 3 aromatic rings. The van der Waals surface area contributed by atoms with Crippen molar-refractivity contribution in [2.75, 3.05) is 4.90 Å². The average molecular weight is 441 g/mol. The number of amidine groups is 1. The lowest BCUT2D eigenvalue weighted by atomic mass is 9.98. The summed E-state index contributed by atoms with van der Waals surface area (Å²) in [7, 11) is 0. The third-order valence-corrected chi connectivity index (χ3v) is 5.55. The van der Waals surface area contributed by atoms with E-state index in [0.29, 0.717) is 17.1 Å². The van der Waals surface area contributed by atoms with Gasteiger partial charge in [0.25, 0.3) is 11.6 Å². The molecule has 0 atom stereocenters. The topological polar surface area (TPSA) is 96.0 Å². The Morgan fingerprint density at radius 3 is 2.39 bits per heavy atom. The molecule has 166 valence electrons. The van der Waals surface area contributed by atoms with Gasteiger partial charge in [0.15, 0.2) is 0 Å². The largest absolute Gasteiger partial charge is 0.508 e. The highest BCUT2D eigenvalue weighted by molar-refractivity contribution is 6.28. The molecule has 0 spiro atoms. The Bertz CT molecular complexity index is 1310. The van der Waals surface area contributed by atoms with Gasteiger partial charge in [0, 0.05) is 11.6 Å². The van der Waals surface area contributed by atoms with Gasteiger partial charge in [-0.3, -0.25) is 19.8 Å². The first-order valence-electron chi connectivity index (χ1n) is 10.5. The average Bonchev–Trinajstić information content (AvgIpc) is 3.10. The van der Waals surface area contributed by atoms with Crippen molar-refractivity contribution in [1.82, 2.24) is 0 Å². The quantitative estimate of drug-likeness (QED) is 0.317. The monoisotopic (exact) mass is 441 g/mol. The molecule has 3 aromatic carbocycles. The molecule has 0 aliphatic carbocycles. The van der Waals surface area contributed by atoms with E-state index >= 15 is 0 Å². The Morgan fingerprint density at radius 2 is 1.73 bits per heavy atom. The number of hydrogen-bond acceptors (Lipinski definition) is 5. The van der Waals surface area contributed by atoms with Crippen LogP contribution in [0.1, 0.15) is 42.0 Å². The van der Waals surface area contributed by atoms with Crippen LogP contribution in [0, 0.1) is 17.0 Å². The molecule has 0 unspecified atom stereocenters. The molecular weight excluding hydrogens is 418 g/mol. The number of carbonyl (C=O) groups is 1. The molecule has 1 aliphatic heterocycles. The number of anilines is 1. The van der Waals surface area contributed by atoms with Crippen LogP contribution in [-0.4, -0.2) is 21.8 Å². The normalized spacial score (nSPS) is 14.8. The number of nitrogens with zero attached hydrogens (tertiary/aromatic N) is 3. The SMILES string of the molecule is Cc1cc(O)c(C(C)C)cc1N1C(c2ccccc2)=NC(=O)/C1=C\c1ccccc1[N+](=O)[O-]. The van der Waals surface area contributed by atoms with Crippen LogP contribution in [-0.2, 0) is 4.79 Å². The standard InChI is InChI=1S/C26H23N3O4/c1-16(2)20-15-22(17(3)13-24(20)30)28-23(14-19-11-7-8-12-21(19)29(32)33)26(31)27-25(28)18-9-5-4-6-10-18/h4-16,30H,1-3H3/b23-14+. The van der Waals surface area contributed by atoms with Crippen molar-refractivity contribution >= 4 is 29.2 Å². The number of hydrogen-bond donors (Lipinski definition) is 1. The molecular formula is C26H23N3O4. The van der Waals surface area contributed by atoms with E-state index in [-0.39, 0.29) is 23.1 Å². The number of aryl methyl sites for hydroxylation is 1. The van der Waals surface area contributed by atoms with E-state index in [1.807, 2.05) is 57.2 Å². The second-order valence-electron chi connectivity index (χ2n) is 8.14.